The van der Waals surface area contributed by atoms with E-state index >= 15 is 0 Å². The quantitative estimate of drug-likeness (QED) is 0.756. The van der Waals surface area contributed by atoms with Crippen LogP contribution in [0.3, 0.4) is 0 Å². The minimum absolute atomic E-state index is 0.152. The van der Waals surface area contributed by atoms with Gasteiger partial charge in [0, 0.05) is 12.8 Å². The summed E-state index contributed by atoms with van der Waals surface area (Å²) >= 11 is 0. The number of aromatic nitrogens is 2. The van der Waals surface area contributed by atoms with Crippen molar-refractivity contribution in [3.05, 3.63) is 60.4 Å². The van der Waals surface area contributed by atoms with Gasteiger partial charge in [-0.2, -0.15) is 5.10 Å². The molecule has 0 aliphatic rings. The molecule has 21 heavy (non-hydrogen) atoms. The van der Waals surface area contributed by atoms with Gasteiger partial charge in [-0.05, 0) is 34.9 Å². The zero-order chi connectivity index (χ0) is 14.5. The molecular weight excluding hydrogens is 264 g/mol. The Morgan fingerprint density at radius 1 is 1.10 bits per heavy atom. The Morgan fingerprint density at radius 2 is 1.95 bits per heavy atom. The molecule has 1 N–H and O–H groups in total. The van der Waals surface area contributed by atoms with Gasteiger partial charge < -0.3 is 9.84 Å². The number of nitrogens with zero attached hydrogens (tertiary/aromatic N) is 2. The summed E-state index contributed by atoms with van der Waals surface area (Å²) < 4.78 is 7.62. The number of aliphatic hydroxyl groups is 1. The van der Waals surface area contributed by atoms with Crippen molar-refractivity contribution in [2.24, 2.45) is 0 Å². The molecule has 2 aromatic carbocycles. The summed E-state index contributed by atoms with van der Waals surface area (Å²) in [4.78, 5) is 0. The Morgan fingerprint density at radius 3 is 2.81 bits per heavy atom. The Bertz CT molecular complexity index is 721. The van der Waals surface area contributed by atoms with Crippen LogP contribution < -0.4 is 4.74 Å². The molecule has 1 aromatic heterocycles. The van der Waals surface area contributed by atoms with Crippen molar-refractivity contribution in [1.29, 1.82) is 0 Å². The highest BCUT2D eigenvalue weighted by Gasteiger charge is 2.00. The summed E-state index contributed by atoms with van der Waals surface area (Å²) in [5, 5.41) is 15.5. The van der Waals surface area contributed by atoms with Gasteiger partial charge in [-0.25, -0.2) is 0 Å². The third-order valence-electron chi connectivity index (χ3n) is 3.40. The van der Waals surface area contributed by atoms with Gasteiger partial charge in [0.05, 0.1) is 12.7 Å². The predicted molar refractivity (Wildman–Crippen MR) is 82.5 cm³/mol. The Kier molecular flexibility index (Phi) is 4.17. The molecular formula is C17H18N2O2. The lowest BCUT2D eigenvalue weighted by atomic mass is 10.1. The van der Waals surface area contributed by atoms with Crippen LogP contribution in [-0.2, 0) is 13.0 Å². The van der Waals surface area contributed by atoms with Crippen LogP contribution in [0.25, 0.3) is 10.8 Å². The topological polar surface area (TPSA) is 47.3 Å². The van der Waals surface area contributed by atoms with Crippen molar-refractivity contribution in [2.45, 2.75) is 13.0 Å². The third kappa shape index (κ3) is 3.41. The SMILES string of the molecule is OCCc1cnn(CCOc2ccc3ccccc3c2)c1. The standard InChI is InChI=1S/C17H18N2O2/c20-9-7-14-12-18-19(13-14)8-10-21-17-6-5-15-3-1-2-4-16(15)11-17/h1-6,11-13,20H,7-10H2. The number of hydrogen-bond acceptors (Lipinski definition) is 3. The molecule has 108 valence electrons. The third-order valence-corrected chi connectivity index (χ3v) is 3.40. The van der Waals surface area contributed by atoms with E-state index in [1.807, 2.05) is 29.1 Å². The fraction of sp³-hybridized carbons (Fsp3) is 0.235. The fourth-order valence-electron chi connectivity index (χ4n) is 2.30. The van der Waals surface area contributed by atoms with Crippen LogP contribution >= 0.6 is 0 Å². The maximum absolute atomic E-state index is 8.88. The zero-order valence-corrected chi connectivity index (χ0v) is 11.8. The molecule has 4 nitrogen and oxygen atoms in total. The van der Waals surface area contributed by atoms with Crippen LogP contribution in [0.2, 0.25) is 0 Å². The van der Waals surface area contributed by atoms with Gasteiger partial charge in [0.1, 0.15) is 12.4 Å². The first-order chi connectivity index (χ1) is 10.3. The van der Waals surface area contributed by atoms with Crippen molar-refractivity contribution in [3.63, 3.8) is 0 Å². The highest BCUT2D eigenvalue weighted by Crippen LogP contribution is 2.20. The number of rotatable bonds is 6. The van der Waals surface area contributed by atoms with Gasteiger partial charge in [-0.1, -0.05) is 30.3 Å². The van der Waals surface area contributed by atoms with E-state index in [2.05, 4.69) is 29.4 Å². The number of benzene rings is 2. The summed E-state index contributed by atoms with van der Waals surface area (Å²) in [5.74, 6) is 0.872. The second kappa shape index (κ2) is 6.41. The molecule has 0 amide bonds. The first-order valence-corrected chi connectivity index (χ1v) is 7.09. The summed E-state index contributed by atoms with van der Waals surface area (Å²) in [7, 11) is 0. The molecule has 0 aliphatic carbocycles. The number of ether oxygens (including phenoxy) is 1. The molecule has 3 rings (SSSR count). The van der Waals surface area contributed by atoms with Crippen LogP contribution in [0.1, 0.15) is 5.56 Å². The van der Waals surface area contributed by atoms with Gasteiger partial charge in [-0.15, -0.1) is 0 Å². The van der Waals surface area contributed by atoms with Gasteiger partial charge in [0.25, 0.3) is 0 Å². The summed E-state index contributed by atoms with van der Waals surface area (Å²) in [6.45, 7) is 1.41. The van der Waals surface area contributed by atoms with E-state index in [-0.39, 0.29) is 6.61 Å². The van der Waals surface area contributed by atoms with E-state index < -0.39 is 0 Å². The molecule has 0 saturated carbocycles. The average molecular weight is 282 g/mol. The minimum atomic E-state index is 0.152. The Hall–Kier alpha value is -2.33. The maximum Gasteiger partial charge on any atom is 0.120 e. The first-order valence-electron chi connectivity index (χ1n) is 7.09. The Balaban J connectivity index is 1.58. The van der Waals surface area contributed by atoms with Crippen molar-refractivity contribution in [2.75, 3.05) is 13.2 Å². The predicted octanol–water partition coefficient (Wildman–Crippen LogP) is 2.65. The van der Waals surface area contributed by atoms with E-state index in [0.29, 0.717) is 19.6 Å². The normalized spacial score (nSPS) is 10.9. The fourth-order valence-corrected chi connectivity index (χ4v) is 2.30. The largest absolute Gasteiger partial charge is 0.492 e. The van der Waals surface area contributed by atoms with E-state index in [9.17, 15) is 0 Å². The molecule has 0 radical (unpaired) electrons. The van der Waals surface area contributed by atoms with Crippen molar-refractivity contribution < 1.29 is 9.84 Å². The zero-order valence-electron chi connectivity index (χ0n) is 11.8. The van der Waals surface area contributed by atoms with Gasteiger partial charge in [-0.3, -0.25) is 4.68 Å². The lowest BCUT2D eigenvalue weighted by Gasteiger charge is -2.07. The summed E-state index contributed by atoms with van der Waals surface area (Å²) in [5.41, 5.74) is 1.04. The first kappa shape index (κ1) is 13.6. The number of aliphatic hydroxyl groups excluding tert-OH is 1. The number of fused-ring (bicyclic) bond motifs is 1. The minimum Gasteiger partial charge on any atom is -0.492 e. The van der Waals surface area contributed by atoms with Crippen molar-refractivity contribution in [3.8, 4) is 5.75 Å². The molecule has 0 unspecified atom stereocenters. The average Bonchev–Trinajstić information content (AvgIpc) is 2.95. The molecule has 0 saturated heterocycles. The number of hydrogen-bond donors (Lipinski definition) is 1. The molecule has 0 fully saturated rings. The van der Waals surface area contributed by atoms with E-state index in [0.717, 1.165) is 11.3 Å². The second-order valence-electron chi connectivity index (χ2n) is 4.94. The maximum atomic E-state index is 8.88. The van der Waals surface area contributed by atoms with Crippen LogP contribution in [-0.4, -0.2) is 28.1 Å². The lowest BCUT2D eigenvalue weighted by molar-refractivity contribution is 0.291. The summed E-state index contributed by atoms with van der Waals surface area (Å²) in [6.07, 6.45) is 4.37. The van der Waals surface area contributed by atoms with Gasteiger partial charge in [0.2, 0.25) is 0 Å². The van der Waals surface area contributed by atoms with E-state index in [1.54, 1.807) is 6.20 Å². The summed E-state index contributed by atoms with van der Waals surface area (Å²) in [6, 6.07) is 14.3. The van der Waals surface area contributed by atoms with Gasteiger partial charge in [0.15, 0.2) is 0 Å². The monoisotopic (exact) mass is 282 g/mol. The van der Waals surface area contributed by atoms with Crippen LogP contribution in [0.5, 0.6) is 5.75 Å². The highest BCUT2D eigenvalue weighted by atomic mass is 16.5. The van der Waals surface area contributed by atoms with E-state index in [1.165, 1.54) is 10.8 Å². The molecule has 0 spiro atoms. The van der Waals surface area contributed by atoms with Crippen molar-refractivity contribution in [1.82, 2.24) is 9.78 Å². The molecule has 3 aromatic rings. The lowest BCUT2D eigenvalue weighted by Crippen LogP contribution is -2.08. The Labute approximate surface area is 123 Å². The van der Waals surface area contributed by atoms with Crippen LogP contribution in [0.4, 0.5) is 0 Å². The molecule has 0 bridgehead atoms. The molecule has 0 atom stereocenters. The van der Waals surface area contributed by atoms with Crippen LogP contribution in [0, 0.1) is 0 Å². The molecule has 0 aliphatic heterocycles. The van der Waals surface area contributed by atoms with E-state index in [4.69, 9.17) is 9.84 Å². The highest BCUT2D eigenvalue weighted by molar-refractivity contribution is 5.83. The van der Waals surface area contributed by atoms with Crippen molar-refractivity contribution >= 4 is 10.8 Å². The molecule has 4 heteroatoms. The molecule has 1 heterocycles. The smallest absolute Gasteiger partial charge is 0.120 e. The van der Waals surface area contributed by atoms with Gasteiger partial charge >= 0.3 is 0 Å². The van der Waals surface area contributed by atoms with Crippen LogP contribution in [0.15, 0.2) is 54.9 Å². The second-order valence-corrected chi connectivity index (χ2v) is 4.94.